The van der Waals surface area contributed by atoms with Crippen LogP contribution in [0.1, 0.15) is 40.0 Å². The van der Waals surface area contributed by atoms with Gasteiger partial charge in [0.1, 0.15) is 0 Å². The molecule has 4 nitrogen and oxygen atoms in total. The van der Waals surface area contributed by atoms with E-state index in [1.165, 1.54) is 0 Å². The highest BCUT2D eigenvalue weighted by Gasteiger charge is 2.17. The minimum absolute atomic E-state index is 0.0158. The van der Waals surface area contributed by atoms with Crippen LogP contribution in [0.25, 0.3) is 0 Å². The molecule has 0 radical (unpaired) electrons. The molecule has 0 saturated carbocycles. The molecule has 0 atom stereocenters. The molecule has 96 valence electrons. The van der Waals surface area contributed by atoms with Crippen LogP contribution in [0, 0.1) is 5.41 Å². The zero-order valence-electron chi connectivity index (χ0n) is 10.7. The van der Waals surface area contributed by atoms with Crippen LogP contribution in [0.4, 0.5) is 0 Å². The summed E-state index contributed by atoms with van der Waals surface area (Å²) in [6.45, 7) is 8.04. The lowest BCUT2D eigenvalue weighted by molar-refractivity contribution is -0.122. The number of carbonyl (C=O) groups excluding carboxylic acids is 1. The Morgan fingerprint density at radius 1 is 1.38 bits per heavy atom. The molecular weight excluding hydrogens is 206 g/mol. The molecule has 0 fully saturated rings. The van der Waals surface area contributed by atoms with Crippen molar-refractivity contribution in [2.75, 3.05) is 26.4 Å². The van der Waals surface area contributed by atoms with Crippen molar-refractivity contribution in [3.63, 3.8) is 0 Å². The van der Waals surface area contributed by atoms with Crippen molar-refractivity contribution in [3.8, 4) is 0 Å². The normalized spacial score (nSPS) is 11.5. The number of ether oxygens (including phenoxy) is 1. The average Bonchev–Trinajstić information content (AvgIpc) is 2.22. The molecule has 4 heteroatoms. The number of hydrogen-bond acceptors (Lipinski definition) is 3. The molecule has 1 amide bonds. The molecule has 0 spiro atoms. The van der Waals surface area contributed by atoms with Crippen molar-refractivity contribution in [1.29, 1.82) is 0 Å². The zero-order chi connectivity index (χ0) is 12.4. The van der Waals surface area contributed by atoms with E-state index in [0.29, 0.717) is 32.6 Å². The van der Waals surface area contributed by atoms with Crippen molar-refractivity contribution in [2.24, 2.45) is 5.41 Å². The van der Waals surface area contributed by atoms with Gasteiger partial charge in [-0.05, 0) is 18.3 Å². The third-order valence-corrected chi connectivity index (χ3v) is 2.37. The molecule has 0 aliphatic heterocycles. The molecule has 0 saturated heterocycles. The van der Waals surface area contributed by atoms with Crippen LogP contribution in [-0.2, 0) is 9.53 Å². The largest absolute Gasteiger partial charge is 0.396 e. The van der Waals surface area contributed by atoms with Gasteiger partial charge in [0, 0.05) is 26.2 Å². The Labute approximate surface area is 98.4 Å². The molecule has 0 unspecified atom stereocenters. The van der Waals surface area contributed by atoms with E-state index in [1.807, 2.05) is 20.8 Å². The van der Waals surface area contributed by atoms with Crippen molar-refractivity contribution in [1.82, 2.24) is 5.32 Å². The molecule has 0 aromatic carbocycles. The summed E-state index contributed by atoms with van der Waals surface area (Å²) in [7, 11) is 0. The Morgan fingerprint density at radius 3 is 2.62 bits per heavy atom. The van der Waals surface area contributed by atoms with Gasteiger partial charge in [-0.1, -0.05) is 20.8 Å². The van der Waals surface area contributed by atoms with Crippen molar-refractivity contribution in [3.05, 3.63) is 0 Å². The van der Waals surface area contributed by atoms with Gasteiger partial charge in [-0.25, -0.2) is 0 Å². The Kier molecular flexibility index (Phi) is 8.21. The second-order valence-electron chi connectivity index (χ2n) is 4.78. The molecule has 0 aromatic rings. The summed E-state index contributed by atoms with van der Waals surface area (Å²) < 4.78 is 5.23. The summed E-state index contributed by atoms with van der Waals surface area (Å²) >= 11 is 0. The first-order chi connectivity index (χ1) is 7.52. The molecule has 0 aliphatic carbocycles. The van der Waals surface area contributed by atoms with Gasteiger partial charge in [0.05, 0.1) is 6.61 Å². The minimum Gasteiger partial charge on any atom is -0.396 e. The van der Waals surface area contributed by atoms with Gasteiger partial charge in [0.15, 0.2) is 0 Å². The predicted octanol–water partition coefficient (Wildman–Crippen LogP) is 1.33. The smallest absolute Gasteiger partial charge is 0.222 e. The van der Waals surface area contributed by atoms with E-state index >= 15 is 0 Å². The molecule has 0 heterocycles. The topological polar surface area (TPSA) is 58.6 Å². The lowest BCUT2D eigenvalue weighted by atomic mass is 9.90. The van der Waals surface area contributed by atoms with Crippen LogP contribution in [0.3, 0.4) is 0 Å². The number of amides is 1. The number of nitrogens with one attached hydrogen (secondary N) is 1. The third-order valence-electron chi connectivity index (χ3n) is 2.37. The number of aliphatic hydroxyl groups is 1. The summed E-state index contributed by atoms with van der Waals surface area (Å²) in [6.07, 6.45) is 2.08. The number of aliphatic hydroxyl groups excluding tert-OH is 1. The summed E-state index contributed by atoms with van der Waals surface area (Å²) in [5.41, 5.74) is -0.0469. The maximum Gasteiger partial charge on any atom is 0.222 e. The Hall–Kier alpha value is -0.610. The quantitative estimate of drug-likeness (QED) is 0.589. The van der Waals surface area contributed by atoms with Crippen LogP contribution in [0.15, 0.2) is 0 Å². The summed E-state index contributed by atoms with van der Waals surface area (Å²) in [4.78, 5) is 11.4. The van der Waals surface area contributed by atoms with E-state index < -0.39 is 0 Å². The number of carbonyl (C=O) groups is 1. The second kappa shape index (κ2) is 8.53. The highest BCUT2D eigenvalue weighted by Crippen LogP contribution is 2.17. The van der Waals surface area contributed by atoms with Crippen molar-refractivity contribution in [2.45, 2.75) is 40.0 Å². The first-order valence-corrected chi connectivity index (χ1v) is 5.97. The monoisotopic (exact) mass is 231 g/mol. The Morgan fingerprint density at radius 2 is 2.06 bits per heavy atom. The Bertz CT molecular complexity index is 193. The second-order valence-corrected chi connectivity index (χ2v) is 4.78. The molecule has 0 bridgehead atoms. The minimum atomic E-state index is -0.0469. The van der Waals surface area contributed by atoms with Crippen LogP contribution >= 0.6 is 0 Å². The third kappa shape index (κ3) is 8.68. The molecule has 0 rings (SSSR count). The highest BCUT2D eigenvalue weighted by molar-refractivity contribution is 5.75. The van der Waals surface area contributed by atoms with E-state index in [9.17, 15) is 4.79 Å². The summed E-state index contributed by atoms with van der Waals surface area (Å²) in [6, 6.07) is 0. The van der Waals surface area contributed by atoms with Crippen molar-refractivity contribution < 1.29 is 14.6 Å². The van der Waals surface area contributed by atoms with Crippen LogP contribution in [0.2, 0.25) is 0 Å². The maximum absolute atomic E-state index is 11.4. The first kappa shape index (κ1) is 15.4. The fraction of sp³-hybridized carbons (Fsp3) is 0.917. The lowest BCUT2D eigenvalue weighted by Gasteiger charge is -2.23. The standard InChI is InChI=1S/C12H25NO3/c1-4-8-16-9-5-11(15)13-10-12(2,3)6-7-14/h14H,4-10H2,1-3H3,(H,13,15). The van der Waals surface area contributed by atoms with Crippen molar-refractivity contribution >= 4 is 5.91 Å². The van der Waals surface area contributed by atoms with E-state index in [-0.39, 0.29) is 17.9 Å². The molecule has 0 aliphatic rings. The maximum atomic E-state index is 11.4. The fourth-order valence-electron chi connectivity index (χ4n) is 1.23. The van der Waals surface area contributed by atoms with Crippen LogP contribution < -0.4 is 5.32 Å². The first-order valence-electron chi connectivity index (χ1n) is 5.97. The molecular formula is C12H25NO3. The Balaban J connectivity index is 3.56. The van der Waals surface area contributed by atoms with E-state index in [4.69, 9.17) is 9.84 Å². The molecule has 16 heavy (non-hydrogen) atoms. The zero-order valence-corrected chi connectivity index (χ0v) is 10.7. The van der Waals surface area contributed by atoms with Gasteiger partial charge < -0.3 is 15.2 Å². The van der Waals surface area contributed by atoms with E-state index in [1.54, 1.807) is 0 Å². The highest BCUT2D eigenvalue weighted by atomic mass is 16.5. The summed E-state index contributed by atoms with van der Waals surface area (Å²) in [5.74, 6) is 0.0158. The fourth-order valence-corrected chi connectivity index (χ4v) is 1.23. The van der Waals surface area contributed by atoms with Crippen LogP contribution in [-0.4, -0.2) is 37.4 Å². The van der Waals surface area contributed by atoms with Gasteiger partial charge in [-0.2, -0.15) is 0 Å². The van der Waals surface area contributed by atoms with Gasteiger partial charge >= 0.3 is 0 Å². The SMILES string of the molecule is CCCOCCC(=O)NCC(C)(C)CCO. The predicted molar refractivity (Wildman–Crippen MR) is 64.2 cm³/mol. The van der Waals surface area contributed by atoms with E-state index in [2.05, 4.69) is 5.32 Å². The van der Waals surface area contributed by atoms with Gasteiger partial charge in [-0.15, -0.1) is 0 Å². The summed E-state index contributed by atoms with van der Waals surface area (Å²) in [5, 5.41) is 11.7. The number of rotatable bonds is 9. The number of hydrogen-bond donors (Lipinski definition) is 2. The van der Waals surface area contributed by atoms with Gasteiger partial charge in [0.2, 0.25) is 5.91 Å². The van der Waals surface area contributed by atoms with Gasteiger partial charge in [0.25, 0.3) is 0 Å². The van der Waals surface area contributed by atoms with Gasteiger partial charge in [-0.3, -0.25) is 4.79 Å². The molecule has 0 aromatic heterocycles. The molecule has 2 N–H and O–H groups in total. The lowest BCUT2D eigenvalue weighted by Crippen LogP contribution is -2.34. The average molecular weight is 231 g/mol. The van der Waals surface area contributed by atoms with E-state index in [0.717, 1.165) is 6.42 Å². The van der Waals surface area contributed by atoms with Crippen LogP contribution in [0.5, 0.6) is 0 Å².